The van der Waals surface area contributed by atoms with Crippen molar-refractivity contribution in [2.24, 2.45) is 0 Å². The van der Waals surface area contributed by atoms with E-state index in [9.17, 15) is 0 Å². The van der Waals surface area contributed by atoms with Crippen molar-refractivity contribution < 1.29 is 4.52 Å². The Kier molecular flexibility index (Phi) is 2.86. The number of aromatic nitrogens is 1. The van der Waals surface area contributed by atoms with Gasteiger partial charge in [0.1, 0.15) is 0 Å². The minimum atomic E-state index is 0.711. The number of nitrogens with one attached hydrogen (secondary N) is 1. The summed E-state index contributed by atoms with van der Waals surface area (Å²) in [5, 5.41) is 6.93. The van der Waals surface area contributed by atoms with E-state index in [1.165, 1.54) is 11.3 Å². The van der Waals surface area contributed by atoms with Gasteiger partial charge in [0.2, 0.25) is 0 Å². The highest BCUT2D eigenvalue weighted by atomic mass is 35.5. The van der Waals surface area contributed by atoms with E-state index in [0.717, 1.165) is 20.7 Å². The zero-order valence-corrected chi connectivity index (χ0v) is 9.15. The highest BCUT2D eigenvalue weighted by Gasteiger charge is 2.08. The van der Waals surface area contributed by atoms with E-state index < -0.39 is 0 Å². The maximum atomic E-state index is 5.82. The smallest absolute Gasteiger partial charge is 0.177 e. The summed E-state index contributed by atoms with van der Waals surface area (Å²) in [5.41, 5.74) is 0.895. The van der Waals surface area contributed by atoms with Crippen molar-refractivity contribution in [1.29, 1.82) is 0 Å². The van der Waals surface area contributed by atoms with Crippen LogP contribution in [-0.2, 0) is 6.54 Å². The zero-order valence-electron chi connectivity index (χ0n) is 7.58. The zero-order chi connectivity index (χ0) is 9.97. The average molecular weight is 229 g/mol. The van der Waals surface area contributed by atoms with Crippen molar-refractivity contribution in [2.45, 2.75) is 6.54 Å². The third kappa shape index (κ3) is 1.97. The van der Waals surface area contributed by atoms with Gasteiger partial charge < -0.3 is 9.84 Å². The lowest BCUT2D eigenvalue weighted by atomic mass is 10.3. The van der Waals surface area contributed by atoms with Crippen molar-refractivity contribution in [1.82, 2.24) is 10.5 Å². The van der Waals surface area contributed by atoms with Gasteiger partial charge in [-0.2, -0.15) is 0 Å². The molecular weight excluding hydrogens is 220 g/mol. The van der Waals surface area contributed by atoms with Crippen molar-refractivity contribution in [3.8, 4) is 10.6 Å². The molecule has 0 radical (unpaired) electrons. The minimum Gasteiger partial charge on any atom is -0.355 e. The molecule has 0 bridgehead atoms. The van der Waals surface area contributed by atoms with Gasteiger partial charge in [-0.1, -0.05) is 16.8 Å². The summed E-state index contributed by atoms with van der Waals surface area (Å²) >= 11 is 7.31. The van der Waals surface area contributed by atoms with Crippen LogP contribution in [0.3, 0.4) is 0 Å². The van der Waals surface area contributed by atoms with Crippen LogP contribution < -0.4 is 5.32 Å². The fourth-order valence-electron chi connectivity index (χ4n) is 1.14. The Bertz CT molecular complexity index is 424. The van der Waals surface area contributed by atoms with Gasteiger partial charge in [-0.15, -0.1) is 11.3 Å². The Balaban J connectivity index is 2.24. The highest BCUT2D eigenvalue weighted by molar-refractivity contribution is 7.19. The largest absolute Gasteiger partial charge is 0.355 e. The van der Waals surface area contributed by atoms with Crippen molar-refractivity contribution >= 4 is 22.9 Å². The molecule has 0 aliphatic rings. The van der Waals surface area contributed by atoms with Gasteiger partial charge in [-0.3, -0.25) is 0 Å². The normalized spacial score (nSPS) is 10.7. The Morgan fingerprint density at radius 1 is 1.57 bits per heavy atom. The first-order chi connectivity index (χ1) is 6.79. The number of hydrogen-bond donors (Lipinski definition) is 1. The third-order valence-corrected chi connectivity index (χ3v) is 2.98. The standard InChI is InChI=1S/C9H9ClN2OS/c1-11-5-6-4-7(13-12-6)8-2-3-9(10)14-8/h2-4,11H,5H2,1H3. The summed E-state index contributed by atoms with van der Waals surface area (Å²) in [6.45, 7) is 0.711. The highest BCUT2D eigenvalue weighted by Crippen LogP contribution is 2.31. The molecule has 2 heterocycles. The molecule has 0 saturated heterocycles. The lowest BCUT2D eigenvalue weighted by molar-refractivity contribution is 0.422. The van der Waals surface area contributed by atoms with Crippen LogP contribution >= 0.6 is 22.9 Å². The monoisotopic (exact) mass is 228 g/mol. The molecule has 2 aromatic rings. The fraction of sp³-hybridized carbons (Fsp3) is 0.222. The van der Waals surface area contributed by atoms with Crippen LogP contribution in [0.15, 0.2) is 22.7 Å². The first kappa shape index (κ1) is 9.71. The molecule has 0 fully saturated rings. The summed E-state index contributed by atoms with van der Waals surface area (Å²) in [4.78, 5) is 1.00. The molecule has 0 aliphatic heterocycles. The second-order valence-electron chi connectivity index (χ2n) is 2.82. The molecule has 1 N–H and O–H groups in total. The molecule has 5 heteroatoms. The molecule has 0 aromatic carbocycles. The van der Waals surface area contributed by atoms with E-state index in [-0.39, 0.29) is 0 Å². The van der Waals surface area contributed by atoms with E-state index in [1.807, 2.05) is 25.2 Å². The van der Waals surface area contributed by atoms with Crippen LogP contribution in [0.5, 0.6) is 0 Å². The van der Waals surface area contributed by atoms with Crippen molar-refractivity contribution in [2.75, 3.05) is 7.05 Å². The minimum absolute atomic E-state index is 0.711. The molecule has 0 unspecified atom stereocenters. The fourth-order valence-corrected chi connectivity index (χ4v) is 2.13. The van der Waals surface area contributed by atoms with Crippen LogP contribution in [-0.4, -0.2) is 12.2 Å². The number of rotatable bonds is 3. The van der Waals surface area contributed by atoms with Gasteiger partial charge in [0.25, 0.3) is 0 Å². The Hall–Kier alpha value is -0.840. The van der Waals surface area contributed by atoms with Crippen molar-refractivity contribution in [3.05, 3.63) is 28.2 Å². The topological polar surface area (TPSA) is 38.1 Å². The molecule has 0 atom stereocenters. The third-order valence-electron chi connectivity index (χ3n) is 1.73. The van der Waals surface area contributed by atoms with Gasteiger partial charge in [-0.25, -0.2) is 0 Å². The van der Waals surface area contributed by atoms with Gasteiger partial charge >= 0.3 is 0 Å². The van der Waals surface area contributed by atoms with Gasteiger partial charge in [-0.05, 0) is 19.2 Å². The van der Waals surface area contributed by atoms with Gasteiger partial charge in [0, 0.05) is 12.6 Å². The first-order valence-corrected chi connectivity index (χ1v) is 5.35. The van der Waals surface area contributed by atoms with E-state index in [4.69, 9.17) is 16.1 Å². The first-order valence-electron chi connectivity index (χ1n) is 4.15. The quantitative estimate of drug-likeness (QED) is 0.878. The summed E-state index contributed by atoms with van der Waals surface area (Å²) < 4.78 is 5.93. The molecule has 2 aromatic heterocycles. The summed E-state index contributed by atoms with van der Waals surface area (Å²) in [6, 6.07) is 5.69. The molecule has 14 heavy (non-hydrogen) atoms. The Morgan fingerprint density at radius 2 is 2.43 bits per heavy atom. The maximum Gasteiger partial charge on any atom is 0.177 e. The summed E-state index contributed by atoms with van der Waals surface area (Å²) in [5.74, 6) is 0.771. The van der Waals surface area contributed by atoms with E-state index in [0.29, 0.717) is 6.54 Å². The van der Waals surface area contributed by atoms with Crippen LogP contribution in [0.2, 0.25) is 4.34 Å². The summed E-state index contributed by atoms with van der Waals surface area (Å²) in [7, 11) is 1.87. The predicted molar refractivity (Wildman–Crippen MR) is 57.6 cm³/mol. The second-order valence-corrected chi connectivity index (χ2v) is 4.53. The van der Waals surface area contributed by atoms with E-state index in [2.05, 4.69) is 10.5 Å². The molecule has 0 amide bonds. The predicted octanol–water partition coefficient (Wildman–Crippen LogP) is 2.78. The molecule has 0 spiro atoms. The lowest BCUT2D eigenvalue weighted by Gasteiger charge is -1.87. The Labute approximate surface area is 90.7 Å². The van der Waals surface area contributed by atoms with Crippen LogP contribution in [0.1, 0.15) is 5.69 Å². The van der Waals surface area contributed by atoms with E-state index >= 15 is 0 Å². The lowest BCUT2D eigenvalue weighted by Crippen LogP contribution is -2.04. The molecule has 0 saturated carbocycles. The summed E-state index contributed by atoms with van der Waals surface area (Å²) in [6.07, 6.45) is 0. The van der Waals surface area contributed by atoms with Gasteiger partial charge in [0.05, 0.1) is 14.9 Å². The maximum absolute atomic E-state index is 5.82. The Morgan fingerprint density at radius 3 is 3.07 bits per heavy atom. The van der Waals surface area contributed by atoms with Crippen LogP contribution in [0.25, 0.3) is 10.6 Å². The number of halogens is 1. The second kappa shape index (κ2) is 4.13. The number of thiophene rings is 1. The van der Waals surface area contributed by atoms with Gasteiger partial charge in [0.15, 0.2) is 5.76 Å². The molecule has 74 valence electrons. The van der Waals surface area contributed by atoms with Crippen LogP contribution in [0, 0.1) is 0 Å². The molecule has 2 rings (SSSR count). The molecule has 3 nitrogen and oxygen atoms in total. The molecule has 0 aliphatic carbocycles. The van der Waals surface area contributed by atoms with Crippen molar-refractivity contribution in [3.63, 3.8) is 0 Å². The van der Waals surface area contributed by atoms with E-state index in [1.54, 1.807) is 0 Å². The number of nitrogens with zero attached hydrogens (tertiary/aromatic N) is 1. The number of hydrogen-bond acceptors (Lipinski definition) is 4. The average Bonchev–Trinajstić information content (AvgIpc) is 2.74. The van der Waals surface area contributed by atoms with Crippen LogP contribution in [0.4, 0.5) is 0 Å². The molecular formula is C9H9ClN2OS. The SMILES string of the molecule is CNCc1cc(-c2ccc(Cl)s2)on1.